The summed E-state index contributed by atoms with van der Waals surface area (Å²) in [5.74, 6) is 1.43. The number of hydrogen-bond acceptors (Lipinski definition) is 4. The fourth-order valence-corrected chi connectivity index (χ4v) is 2.57. The Labute approximate surface area is 111 Å². The number of nitrogens with zero attached hydrogens (tertiary/aromatic N) is 3. The Morgan fingerprint density at radius 3 is 2.83 bits per heavy atom. The van der Waals surface area contributed by atoms with Crippen LogP contribution in [0.2, 0.25) is 0 Å². The SMILES string of the molecule is C=C(C)CSc1nnc(CCC(N)=O)n1C1CC1. The molecule has 0 atom stereocenters. The lowest BCUT2D eigenvalue weighted by Crippen LogP contribution is -2.13. The van der Waals surface area contributed by atoms with E-state index in [0.29, 0.717) is 18.9 Å². The van der Waals surface area contributed by atoms with E-state index in [4.69, 9.17) is 5.73 Å². The summed E-state index contributed by atoms with van der Waals surface area (Å²) in [4.78, 5) is 10.8. The van der Waals surface area contributed by atoms with Crippen LogP contribution in [0.1, 0.15) is 38.1 Å². The third-order valence-electron chi connectivity index (χ3n) is 2.69. The minimum atomic E-state index is -0.295. The predicted octanol–water partition coefficient (Wildman–Crippen LogP) is 1.70. The molecule has 98 valence electrons. The van der Waals surface area contributed by atoms with Crippen LogP contribution >= 0.6 is 11.8 Å². The molecule has 5 nitrogen and oxygen atoms in total. The first-order chi connectivity index (χ1) is 8.58. The van der Waals surface area contributed by atoms with Crippen LogP contribution in [-0.2, 0) is 11.2 Å². The van der Waals surface area contributed by atoms with E-state index in [1.54, 1.807) is 11.8 Å². The van der Waals surface area contributed by atoms with Crippen molar-refractivity contribution in [1.82, 2.24) is 14.8 Å². The zero-order valence-corrected chi connectivity index (χ0v) is 11.4. The molecular formula is C12H18N4OS. The van der Waals surface area contributed by atoms with Gasteiger partial charge in [0.2, 0.25) is 5.91 Å². The normalized spacial score (nSPS) is 14.7. The van der Waals surface area contributed by atoms with Gasteiger partial charge in [0.15, 0.2) is 5.16 Å². The summed E-state index contributed by atoms with van der Waals surface area (Å²) in [6.45, 7) is 5.89. The molecule has 2 N–H and O–H groups in total. The number of aryl methyl sites for hydroxylation is 1. The summed E-state index contributed by atoms with van der Waals surface area (Å²) in [6, 6.07) is 0.510. The molecule has 1 aromatic heterocycles. The number of aromatic nitrogens is 3. The second-order valence-corrected chi connectivity index (χ2v) is 5.65. The molecular weight excluding hydrogens is 248 g/mol. The number of hydrogen-bond donors (Lipinski definition) is 1. The van der Waals surface area contributed by atoms with Gasteiger partial charge in [-0.1, -0.05) is 23.9 Å². The van der Waals surface area contributed by atoms with Crippen LogP contribution in [0.5, 0.6) is 0 Å². The van der Waals surface area contributed by atoms with Crippen molar-refractivity contribution in [1.29, 1.82) is 0 Å². The van der Waals surface area contributed by atoms with E-state index >= 15 is 0 Å². The molecule has 1 amide bonds. The van der Waals surface area contributed by atoms with Crippen LogP contribution in [0.25, 0.3) is 0 Å². The maximum Gasteiger partial charge on any atom is 0.217 e. The Morgan fingerprint density at radius 1 is 1.56 bits per heavy atom. The average Bonchev–Trinajstić information content (AvgIpc) is 3.05. The lowest BCUT2D eigenvalue weighted by molar-refractivity contribution is -0.118. The predicted molar refractivity (Wildman–Crippen MR) is 71.3 cm³/mol. The van der Waals surface area contributed by atoms with Gasteiger partial charge in [-0.3, -0.25) is 4.79 Å². The summed E-state index contributed by atoms with van der Waals surface area (Å²) in [7, 11) is 0. The summed E-state index contributed by atoms with van der Waals surface area (Å²) in [5, 5.41) is 9.32. The summed E-state index contributed by atoms with van der Waals surface area (Å²) < 4.78 is 2.16. The Kier molecular flexibility index (Phi) is 4.06. The fourth-order valence-electron chi connectivity index (χ4n) is 1.70. The molecule has 1 aromatic rings. The van der Waals surface area contributed by atoms with Crippen LogP contribution in [0.4, 0.5) is 0 Å². The van der Waals surface area contributed by atoms with E-state index in [1.807, 2.05) is 6.92 Å². The van der Waals surface area contributed by atoms with Crippen molar-refractivity contribution in [3.8, 4) is 0 Å². The van der Waals surface area contributed by atoms with Crippen LogP contribution < -0.4 is 5.73 Å². The highest BCUT2D eigenvalue weighted by atomic mass is 32.2. The van der Waals surface area contributed by atoms with Crippen LogP contribution in [0, 0.1) is 0 Å². The molecule has 2 rings (SSSR count). The van der Waals surface area contributed by atoms with Gasteiger partial charge in [-0.15, -0.1) is 10.2 Å². The van der Waals surface area contributed by atoms with E-state index < -0.39 is 0 Å². The lowest BCUT2D eigenvalue weighted by atomic mass is 10.3. The van der Waals surface area contributed by atoms with Gasteiger partial charge in [-0.05, 0) is 19.8 Å². The largest absolute Gasteiger partial charge is 0.370 e. The first-order valence-corrected chi connectivity index (χ1v) is 7.05. The zero-order valence-electron chi connectivity index (χ0n) is 10.6. The monoisotopic (exact) mass is 266 g/mol. The van der Waals surface area contributed by atoms with Crippen molar-refractivity contribution >= 4 is 17.7 Å². The molecule has 0 aromatic carbocycles. The van der Waals surface area contributed by atoms with Gasteiger partial charge in [0.25, 0.3) is 0 Å². The van der Waals surface area contributed by atoms with Crippen molar-refractivity contribution < 1.29 is 4.79 Å². The molecule has 0 saturated heterocycles. The molecule has 0 aliphatic heterocycles. The van der Waals surface area contributed by atoms with Crippen LogP contribution in [-0.4, -0.2) is 26.4 Å². The average molecular weight is 266 g/mol. The molecule has 0 spiro atoms. The highest BCUT2D eigenvalue weighted by Crippen LogP contribution is 2.39. The lowest BCUT2D eigenvalue weighted by Gasteiger charge is -2.07. The van der Waals surface area contributed by atoms with Crippen molar-refractivity contribution in [2.45, 2.75) is 43.8 Å². The number of carbonyl (C=O) groups excluding carboxylic acids is 1. The van der Waals surface area contributed by atoms with E-state index in [-0.39, 0.29) is 5.91 Å². The minimum absolute atomic E-state index is 0.295. The smallest absolute Gasteiger partial charge is 0.217 e. The van der Waals surface area contributed by atoms with Crippen LogP contribution in [0.15, 0.2) is 17.3 Å². The number of thioether (sulfide) groups is 1. The number of primary amides is 1. The first-order valence-electron chi connectivity index (χ1n) is 6.07. The summed E-state index contributed by atoms with van der Waals surface area (Å²) in [5.41, 5.74) is 6.29. The van der Waals surface area contributed by atoms with Gasteiger partial charge >= 0.3 is 0 Å². The maximum absolute atomic E-state index is 10.8. The molecule has 0 radical (unpaired) electrons. The van der Waals surface area contributed by atoms with Crippen molar-refractivity contribution in [2.75, 3.05) is 5.75 Å². The standard InChI is InChI=1S/C12H18N4OS/c1-8(2)7-18-12-15-14-11(6-5-10(13)17)16(12)9-3-4-9/h9H,1,3-7H2,2H3,(H2,13,17). The highest BCUT2D eigenvalue weighted by Gasteiger charge is 2.29. The van der Waals surface area contributed by atoms with Crippen molar-refractivity contribution in [3.63, 3.8) is 0 Å². The molecule has 1 aliphatic rings. The summed E-state index contributed by atoms with van der Waals surface area (Å²) >= 11 is 1.65. The topological polar surface area (TPSA) is 73.8 Å². The molecule has 1 saturated carbocycles. The van der Waals surface area contributed by atoms with Crippen molar-refractivity contribution in [3.05, 3.63) is 18.0 Å². The summed E-state index contributed by atoms with van der Waals surface area (Å²) in [6.07, 6.45) is 3.24. The van der Waals surface area contributed by atoms with E-state index in [2.05, 4.69) is 21.3 Å². The van der Waals surface area contributed by atoms with E-state index in [1.165, 1.54) is 12.8 Å². The van der Waals surface area contributed by atoms with Gasteiger partial charge < -0.3 is 10.3 Å². The van der Waals surface area contributed by atoms with Gasteiger partial charge in [-0.25, -0.2) is 0 Å². The van der Waals surface area contributed by atoms with Gasteiger partial charge in [0.05, 0.1) is 0 Å². The Morgan fingerprint density at radius 2 is 2.28 bits per heavy atom. The Bertz CT molecular complexity index is 429. The first kappa shape index (κ1) is 13.1. The van der Waals surface area contributed by atoms with E-state index in [9.17, 15) is 4.79 Å². The van der Waals surface area contributed by atoms with Crippen molar-refractivity contribution in [2.24, 2.45) is 5.73 Å². The molecule has 0 bridgehead atoms. The molecule has 1 fully saturated rings. The molecule has 1 aliphatic carbocycles. The Hall–Kier alpha value is -1.30. The third-order valence-corrected chi connectivity index (χ3v) is 3.86. The third kappa shape index (κ3) is 3.35. The van der Waals surface area contributed by atoms with Gasteiger partial charge in [0.1, 0.15) is 5.82 Å². The fraction of sp³-hybridized carbons (Fsp3) is 0.583. The molecule has 18 heavy (non-hydrogen) atoms. The number of nitrogens with two attached hydrogens (primary N) is 1. The highest BCUT2D eigenvalue weighted by molar-refractivity contribution is 7.99. The molecule has 1 heterocycles. The van der Waals surface area contributed by atoms with E-state index in [0.717, 1.165) is 22.3 Å². The second-order valence-electron chi connectivity index (χ2n) is 4.71. The maximum atomic E-state index is 10.8. The number of amides is 1. The number of rotatable bonds is 7. The Balaban J connectivity index is 2.09. The second kappa shape index (κ2) is 5.56. The number of carbonyl (C=O) groups is 1. The minimum Gasteiger partial charge on any atom is -0.370 e. The zero-order chi connectivity index (χ0) is 13.1. The molecule has 6 heteroatoms. The van der Waals surface area contributed by atoms with Crippen LogP contribution in [0.3, 0.4) is 0 Å². The van der Waals surface area contributed by atoms with Gasteiger partial charge in [-0.2, -0.15) is 0 Å². The van der Waals surface area contributed by atoms with Gasteiger partial charge in [0, 0.05) is 24.6 Å². The molecule has 0 unspecified atom stereocenters. The quantitative estimate of drug-likeness (QED) is 0.602.